The molecular formula is C11H17NO3. The highest BCUT2D eigenvalue weighted by molar-refractivity contribution is 5.83. The Balaban J connectivity index is 2.47. The van der Waals surface area contributed by atoms with E-state index in [0.29, 0.717) is 19.6 Å². The first-order chi connectivity index (χ1) is 7.24. The van der Waals surface area contributed by atoms with Crippen LogP contribution >= 0.6 is 0 Å². The van der Waals surface area contributed by atoms with Crippen molar-refractivity contribution in [3.63, 3.8) is 0 Å². The van der Waals surface area contributed by atoms with E-state index in [1.165, 1.54) is 12.3 Å². The lowest BCUT2D eigenvalue weighted by atomic mass is 10.2. The summed E-state index contributed by atoms with van der Waals surface area (Å²) in [6.07, 6.45) is 6.45. The summed E-state index contributed by atoms with van der Waals surface area (Å²) in [6, 6.07) is 0. The fourth-order valence-electron chi connectivity index (χ4n) is 1.50. The third-order valence-corrected chi connectivity index (χ3v) is 2.29. The fourth-order valence-corrected chi connectivity index (χ4v) is 1.50. The molecular weight excluding hydrogens is 194 g/mol. The molecule has 0 atom stereocenters. The number of amides is 1. The van der Waals surface area contributed by atoms with Crippen molar-refractivity contribution in [2.75, 3.05) is 13.2 Å². The lowest BCUT2D eigenvalue weighted by molar-refractivity contribution is -0.137. The van der Waals surface area contributed by atoms with Gasteiger partial charge in [0, 0.05) is 25.2 Å². The summed E-state index contributed by atoms with van der Waals surface area (Å²) in [5, 5.41) is 0. The Hall–Kier alpha value is -1.32. The highest BCUT2D eigenvalue weighted by Crippen LogP contribution is 2.11. The monoisotopic (exact) mass is 211 g/mol. The molecule has 0 saturated carbocycles. The van der Waals surface area contributed by atoms with E-state index in [9.17, 15) is 9.59 Å². The van der Waals surface area contributed by atoms with Crippen LogP contribution in [0.2, 0.25) is 0 Å². The van der Waals surface area contributed by atoms with E-state index in [0.717, 1.165) is 19.3 Å². The van der Waals surface area contributed by atoms with Crippen molar-refractivity contribution < 1.29 is 14.3 Å². The van der Waals surface area contributed by atoms with Gasteiger partial charge < -0.3 is 9.64 Å². The van der Waals surface area contributed by atoms with Gasteiger partial charge in [0.25, 0.3) is 0 Å². The maximum absolute atomic E-state index is 11.5. The van der Waals surface area contributed by atoms with Crippen molar-refractivity contribution in [3.05, 3.63) is 12.3 Å². The SMILES string of the molecule is CCOC(=O)/C=C/N1CCCCCC1=O. The molecule has 0 aromatic heterocycles. The second-order valence-electron chi connectivity index (χ2n) is 3.47. The van der Waals surface area contributed by atoms with Gasteiger partial charge in [-0.25, -0.2) is 4.79 Å². The van der Waals surface area contributed by atoms with E-state index in [1.54, 1.807) is 11.8 Å². The van der Waals surface area contributed by atoms with Crippen molar-refractivity contribution in [3.8, 4) is 0 Å². The molecule has 1 aliphatic rings. The quantitative estimate of drug-likeness (QED) is 0.524. The van der Waals surface area contributed by atoms with Crippen LogP contribution in [0, 0.1) is 0 Å². The van der Waals surface area contributed by atoms with Crippen molar-refractivity contribution in [2.24, 2.45) is 0 Å². The topological polar surface area (TPSA) is 46.6 Å². The van der Waals surface area contributed by atoms with Crippen LogP contribution in [0.5, 0.6) is 0 Å². The summed E-state index contributed by atoms with van der Waals surface area (Å²) in [4.78, 5) is 24.1. The molecule has 0 N–H and O–H groups in total. The molecule has 1 rings (SSSR count). The van der Waals surface area contributed by atoms with Crippen molar-refractivity contribution >= 4 is 11.9 Å². The summed E-state index contributed by atoms with van der Waals surface area (Å²) < 4.78 is 4.74. The van der Waals surface area contributed by atoms with E-state index >= 15 is 0 Å². The van der Waals surface area contributed by atoms with Gasteiger partial charge in [0.1, 0.15) is 0 Å². The molecule has 0 bridgehead atoms. The molecule has 0 aromatic carbocycles. The largest absolute Gasteiger partial charge is 0.463 e. The number of rotatable bonds is 3. The Morgan fingerprint density at radius 1 is 1.47 bits per heavy atom. The molecule has 1 amide bonds. The molecule has 0 aromatic rings. The van der Waals surface area contributed by atoms with Crippen LogP contribution in [0.3, 0.4) is 0 Å². The zero-order valence-corrected chi connectivity index (χ0v) is 9.07. The third kappa shape index (κ3) is 4.14. The first kappa shape index (κ1) is 11.8. The van der Waals surface area contributed by atoms with E-state index in [-0.39, 0.29) is 5.91 Å². The third-order valence-electron chi connectivity index (χ3n) is 2.29. The number of esters is 1. The normalized spacial score (nSPS) is 17.9. The van der Waals surface area contributed by atoms with Crippen LogP contribution in [0.1, 0.15) is 32.6 Å². The Morgan fingerprint density at radius 2 is 2.27 bits per heavy atom. The van der Waals surface area contributed by atoms with Crippen molar-refractivity contribution in [2.45, 2.75) is 32.6 Å². The van der Waals surface area contributed by atoms with Crippen LogP contribution in [-0.4, -0.2) is 29.9 Å². The predicted molar refractivity (Wildman–Crippen MR) is 56.0 cm³/mol. The van der Waals surface area contributed by atoms with Crippen molar-refractivity contribution in [1.29, 1.82) is 0 Å². The van der Waals surface area contributed by atoms with E-state index in [4.69, 9.17) is 4.74 Å². The lowest BCUT2D eigenvalue weighted by Crippen LogP contribution is -2.24. The number of ether oxygens (including phenoxy) is 1. The molecule has 0 radical (unpaired) electrons. The molecule has 0 aliphatic carbocycles. The van der Waals surface area contributed by atoms with Gasteiger partial charge in [0.2, 0.25) is 5.91 Å². The molecule has 1 heterocycles. The van der Waals surface area contributed by atoms with Gasteiger partial charge >= 0.3 is 5.97 Å². The van der Waals surface area contributed by atoms with Gasteiger partial charge in [-0.05, 0) is 19.8 Å². The summed E-state index contributed by atoms with van der Waals surface area (Å²) in [6.45, 7) is 2.81. The van der Waals surface area contributed by atoms with Gasteiger partial charge in [-0.1, -0.05) is 6.42 Å². The maximum Gasteiger partial charge on any atom is 0.332 e. The Bertz CT molecular complexity index is 261. The molecule has 1 fully saturated rings. The summed E-state index contributed by atoms with van der Waals surface area (Å²) in [7, 11) is 0. The Morgan fingerprint density at radius 3 is 3.00 bits per heavy atom. The number of likely N-dealkylation sites (tertiary alicyclic amines) is 1. The molecule has 0 spiro atoms. The van der Waals surface area contributed by atoms with Gasteiger partial charge in [0.15, 0.2) is 0 Å². The number of carbonyl (C=O) groups excluding carboxylic acids is 2. The highest BCUT2D eigenvalue weighted by atomic mass is 16.5. The Labute approximate surface area is 89.9 Å². The van der Waals surface area contributed by atoms with Crippen LogP contribution in [0.25, 0.3) is 0 Å². The minimum Gasteiger partial charge on any atom is -0.463 e. The van der Waals surface area contributed by atoms with Crippen LogP contribution in [0.4, 0.5) is 0 Å². The van der Waals surface area contributed by atoms with Gasteiger partial charge in [0.05, 0.1) is 6.61 Å². The smallest absolute Gasteiger partial charge is 0.332 e. The van der Waals surface area contributed by atoms with Gasteiger partial charge in [-0.2, -0.15) is 0 Å². The summed E-state index contributed by atoms with van der Waals surface area (Å²) in [5.41, 5.74) is 0. The average molecular weight is 211 g/mol. The van der Waals surface area contributed by atoms with Gasteiger partial charge in [-0.3, -0.25) is 4.79 Å². The lowest BCUT2D eigenvalue weighted by Gasteiger charge is -2.14. The fraction of sp³-hybridized carbons (Fsp3) is 0.636. The van der Waals surface area contributed by atoms with Gasteiger partial charge in [-0.15, -0.1) is 0 Å². The molecule has 4 heteroatoms. The second-order valence-corrected chi connectivity index (χ2v) is 3.47. The molecule has 15 heavy (non-hydrogen) atoms. The molecule has 84 valence electrons. The van der Waals surface area contributed by atoms with Crippen molar-refractivity contribution in [1.82, 2.24) is 4.90 Å². The standard InChI is InChI=1S/C11H17NO3/c1-2-15-11(14)7-9-12-8-5-3-4-6-10(12)13/h7,9H,2-6,8H2,1H3/b9-7+. The number of hydrogen-bond acceptors (Lipinski definition) is 3. The zero-order valence-electron chi connectivity index (χ0n) is 9.07. The minimum absolute atomic E-state index is 0.0908. The second kappa shape index (κ2) is 6.22. The number of nitrogens with zero attached hydrogens (tertiary/aromatic N) is 1. The Kier molecular flexibility index (Phi) is 4.87. The zero-order chi connectivity index (χ0) is 11.1. The van der Waals surface area contributed by atoms with Crippen LogP contribution in [0.15, 0.2) is 12.3 Å². The predicted octanol–water partition coefficient (Wildman–Crippen LogP) is 1.47. The first-order valence-electron chi connectivity index (χ1n) is 5.38. The van der Waals surface area contributed by atoms with Crippen LogP contribution < -0.4 is 0 Å². The molecule has 1 aliphatic heterocycles. The van der Waals surface area contributed by atoms with E-state index < -0.39 is 5.97 Å². The maximum atomic E-state index is 11.5. The van der Waals surface area contributed by atoms with E-state index in [2.05, 4.69) is 0 Å². The number of hydrogen-bond donors (Lipinski definition) is 0. The first-order valence-corrected chi connectivity index (χ1v) is 5.38. The summed E-state index contributed by atoms with van der Waals surface area (Å²) >= 11 is 0. The molecule has 4 nitrogen and oxygen atoms in total. The van der Waals surface area contributed by atoms with E-state index in [1.807, 2.05) is 0 Å². The molecule has 1 saturated heterocycles. The number of carbonyl (C=O) groups is 2. The minimum atomic E-state index is -0.394. The average Bonchev–Trinajstić information content (AvgIpc) is 2.41. The molecule has 0 unspecified atom stereocenters. The summed E-state index contributed by atoms with van der Waals surface area (Å²) in [5.74, 6) is -0.303. The highest BCUT2D eigenvalue weighted by Gasteiger charge is 2.13. The van der Waals surface area contributed by atoms with Crippen LogP contribution in [-0.2, 0) is 14.3 Å².